The highest BCUT2D eigenvalue weighted by Crippen LogP contribution is 2.24. The quantitative estimate of drug-likeness (QED) is 0.860. The normalized spacial score (nSPS) is 14.9. The third-order valence-corrected chi connectivity index (χ3v) is 3.16. The Morgan fingerprint density at radius 1 is 1.37 bits per heavy atom. The van der Waals surface area contributed by atoms with Crippen molar-refractivity contribution in [2.75, 3.05) is 11.9 Å². The van der Waals surface area contributed by atoms with Crippen molar-refractivity contribution in [3.63, 3.8) is 0 Å². The third-order valence-electron chi connectivity index (χ3n) is 3.16. The van der Waals surface area contributed by atoms with E-state index in [-0.39, 0.29) is 11.8 Å². The maximum atomic E-state index is 11.6. The van der Waals surface area contributed by atoms with E-state index in [2.05, 4.69) is 10.3 Å². The van der Waals surface area contributed by atoms with Crippen LogP contribution in [0, 0.1) is 0 Å². The van der Waals surface area contributed by atoms with Gasteiger partial charge in [0.05, 0.1) is 6.54 Å². The largest absolute Gasteiger partial charge is 0.361 e. The van der Waals surface area contributed by atoms with E-state index in [0.29, 0.717) is 6.54 Å². The van der Waals surface area contributed by atoms with E-state index in [9.17, 15) is 9.59 Å². The Morgan fingerprint density at radius 3 is 2.95 bits per heavy atom. The van der Waals surface area contributed by atoms with E-state index >= 15 is 0 Å². The number of benzene rings is 1. The summed E-state index contributed by atoms with van der Waals surface area (Å²) in [7, 11) is 0. The van der Waals surface area contributed by atoms with Crippen molar-refractivity contribution < 1.29 is 9.59 Å². The van der Waals surface area contributed by atoms with Crippen LogP contribution in [-0.2, 0) is 9.59 Å². The number of aromatic amines is 1. The van der Waals surface area contributed by atoms with Crippen LogP contribution in [0.1, 0.15) is 6.92 Å². The molecule has 0 spiro atoms. The lowest BCUT2D eigenvalue weighted by molar-refractivity contribution is -0.138. The molecule has 1 aliphatic heterocycles. The van der Waals surface area contributed by atoms with Crippen molar-refractivity contribution in [2.45, 2.75) is 6.92 Å². The number of anilines is 1. The molecule has 2 N–H and O–H groups in total. The second kappa shape index (κ2) is 4.28. The Balaban J connectivity index is 1.87. The fourth-order valence-electron chi connectivity index (χ4n) is 2.23. The van der Waals surface area contributed by atoms with E-state index in [4.69, 9.17) is 0 Å². The Hall–Kier alpha value is -2.56. The van der Waals surface area contributed by atoms with E-state index < -0.39 is 0 Å². The molecule has 3 rings (SSSR count). The number of imide groups is 1. The number of carbonyl (C=O) groups is 2. The van der Waals surface area contributed by atoms with Gasteiger partial charge >= 0.3 is 0 Å². The van der Waals surface area contributed by atoms with Gasteiger partial charge in [-0.05, 0) is 18.2 Å². The van der Waals surface area contributed by atoms with Gasteiger partial charge in [0.25, 0.3) is 5.91 Å². The van der Waals surface area contributed by atoms with Gasteiger partial charge in [0.2, 0.25) is 5.91 Å². The van der Waals surface area contributed by atoms with Crippen LogP contribution in [-0.4, -0.2) is 28.2 Å². The van der Waals surface area contributed by atoms with Crippen LogP contribution >= 0.6 is 0 Å². The van der Waals surface area contributed by atoms with Gasteiger partial charge < -0.3 is 10.3 Å². The summed E-state index contributed by atoms with van der Waals surface area (Å²) in [6.07, 6.45) is 3.33. The van der Waals surface area contributed by atoms with Gasteiger partial charge in [-0.15, -0.1) is 0 Å². The Labute approximate surface area is 109 Å². The number of carbonyl (C=O) groups excluding carboxylic acids is 2. The Morgan fingerprint density at radius 2 is 2.21 bits per heavy atom. The molecule has 0 fully saturated rings. The first-order valence-corrected chi connectivity index (χ1v) is 6.01. The van der Waals surface area contributed by atoms with E-state index in [1.807, 2.05) is 30.5 Å². The fourth-order valence-corrected chi connectivity index (χ4v) is 2.23. The number of nitrogens with one attached hydrogen (secondary N) is 2. The van der Waals surface area contributed by atoms with Crippen molar-refractivity contribution in [1.82, 2.24) is 9.88 Å². The SMILES string of the molecule is CC(=O)N1CC(Nc2cccc3[nH]ccc23)=CC1=O. The smallest absolute Gasteiger partial charge is 0.255 e. The zero-order valence-corrected chi connectivity index (χ0v) is 10.4. The number of nitrogens with zero attached hydrogens (tertiary/aromatic N) is 1. The van der Waals surface area contributed by atoms with Crippen LogP contribution in [0.25, 0.3) is 10.9 Å². The highest BCUT2D eigenvalue weighted by molar-refractivity contribution is 6.04. The number of H-pyrrole nitrogens is 1. The summed E-state index contributed by atoms with van der Waals surface area (Å²) < 4.78 is 0. The second-order valence-electron chi connectivity index (χ2n) is 4.48. The van der Waals surface area contributed by atoms with Crippen LogP contribution in [0.3, 0.4) is 0 Å². The number of amides is 2. The predicted octanol–water partition coefficient (Wildman–Crippen LogP) is 1.85. The minimum Gasteiger partial charge on any atom is -0.361 e. The van der Waals surface area contributed by atoms with Crippen LogP contribution < -0.4 is 5.32 Å². The lowest BCUT2D eigenvalue weighted by Gasteiger charge is -2.13. The number of fused-ring (bicyclic) bond motifs is 1. The first-order chi connectivity index (χ1) is 9.15. The molecule has 0 bridgehead atoms. The van der Waals surface area contributed by atoms with Gasteiger partial charge in [-0.1, -0.05) is 6.07 Å². The van der Waals surface area contributed by atoms with Gasteiger partial charge in [-0.25, -0.2) is 0 Å². The second-order valence-corrected chi connectivity index (χ2v) is 4.48. The summed E-state index contributed by atoms with van der Waals surface area (Å²) in [4.78, 5) is 27.2. The first-order valence-electron chi connectivity index (χ1n) is 6.01. The molecule has 0 aliphatic carbocycles. The van der Waals surface area contributed by atoms with Crippen LogP contribution in [0.2, 0.25) is 0 Å². The van der Waals surface area contributed by atoms with Gasteiger partial charge in [0.15, 0.2) is 0 Å². The molecule has 0 saturated carbocycles. The maximum Gasteiger partial charge on any atom is 0.255 e. The Bertz CT molecular complexity index is 700. The van der Waals surface area contributed by atoms with E-state index in [1.54, 1.807) is 0 Å². The standard InChI is InChI=1S/C14H13N3O2/c1-9(18)17-8-10(7-14(17)19)16-13-4-2-3-12-11(13)5-6-15-12/h2-7,15-16H,8H2,1H3. The van der Waals surface area contributed by atoms with Crippen molar-refractivity contribution in [3.05, 3.63) is 42.2 Å². The highest BCUT2D eigenvalue weighted by atomic mass is 16.2. The van der Waals surface area contributed by atoms with Crippen molar-refractivity contribution in [3.8, 4) is 0 Å². The number of aromatic nitrogens is 1. The average Bonchev–Trinajstić information content (AvgIpc) is 2.96. The van der Waals surface area contributed by atoms with Crippen molar-refractivity contribution >= 4 is 28.4 Å². The third kappa shape index (κ3) is 1.99. The molecule has 0 radical (unpaired) electrons. The molecule has 2 aromatic rings. The molecule has 1 aliphatic rings. The fraction of sp³-hybridized carbons (Fsp3) is 0.143. The molecule has 0 unspecified atom stereocenters. The molecule has 19 heavy (non-hydrogen) atoms. The lowest BCUT2D eigenvalue weighted by atomic mass is 10.2. The molecule has 1 aromatic heterocycles. The van der Waals surface area contributed by atoms with Crippen molar-refractivity contribution in [1.29, 1.82) is 0 Å². The monoisotopic (exact) mass is 255 g/mol. The molecule has 2 amide bonds. The minimum atomic E-state index is -0.267. The summed E-state index contributed by atoms with van der Waals surface area (Å²) >= 11 is 0. The molecule has 0 atom stereocenters. The van der Waals surface area contributed by atoms with Gasteiger partial charge in [0, 0.05) is 41.5 Å². The van der Waals surface area contributed by atoms with Gasteiger partial charge in [-0.2, -0.15) is 0 Å². The Kier molecular flexibility index (Phi) is 2.59. The minimum absolute atomic E-state index is 0.238. The molecule has 2 heterocycles. The topological polar surface area (TPSA) is 65.2 Å². The molecule has 0 saturated heterocycles. The lowest BCUT2D eigenvalue weighted by Crippen LogP contribution is -2.31. The summed E-state index contributed by atoms with van der Waals surface area (Å²) in [6, 6.07) is 7.83. The zero-order valence-electron chi connectivity index (χ0n) is 10.4. The van der Waals surface area contributed by atoms with Gasteiger partial charge in [-0.3, -0.25) is 14.5 Å². The summed E-state index contributed by atoms with van der Waals surface area (Å²) in [5.41, 5.74) is 2.68. The van der Waals surface area contributed by atoms with Crippen LogP contribution in [0.4, 0.5) is 5.69 Å². The average molecular weight is 255 g/mol. The number of rotatable bonds is 2. The number of hydrogen-bond donors (Lipinski definition) is 2. The highest BCUT2D eigenvalue weighted by Gasteiger charge is 2.24. The van der Waals surface area contributed by atoms with Gasteiger partial charge in [0.1, 0.15) is 0 Å². The molecule has 5 nitrogen and oxygen atoms in total. The molecule has 5 heteroatoms. The van der Waals surface area contributed by atoms with Crippen molar-refractivity contribution in [2.24, 2.45) is 0 Å². The number of hydrogen-bond acceptors (Lipinski definition) is 3. The zero-order chi connectivity index (χ0) is 13.4. The van der Waals surface area contributed by atoms with E-state index in [0.717, 1.165) is 22.3 Å². The molecule has 1 aromatic carbocycles. The van der Waals surface area contributed by atoms with E-state index in [1.165, 1.54) is 17.9 Å². The predicted molar refractivity (Wildman–Crippen MR) is 72.4 cm³/mol. The maximum absolute atomic E-state index is 11.6. The molecular weight excluding hydrogens is 242 g/mol. The van der Waals surface area contributed by atoms with Crippen LogP contribution in [0.15, 0.2) is 42.2 Å². The summed E-state index contributed by atoms with van der Waals surface area (Å²) in [5.74, 6) is -0.505. The molecular formula is C14H13N3O2. The first kappa shape index (κ1) is 11.5. The summed E-state index contributed by atoms with van der Waals surface area (Å²) in [6.45, 7) is 1.69. The summed E-state index contributed by atoms with van der Waals surface area (Å²) in [5, 5.41) is 4.26. The molecule has 96 valence electrons. The van der Waals surface area contributed by atoms with Crippen LogP contribution in [0.5, 0.6) is 0 Å².